The summed E-state index contributed by atoms with van der Waals surface area (Å²) in [7, 11) is 0. The van der Waals surface area contributed by atoms with E-state index < -0.39 is 5.97 Å². The summed E-state index contributed by atoms with van der Waals surface area (Å²) < 4.78 is 5.21. The van der Waals surface area contributed by atoms with E-state index in [2.05, 4.69) is 0 Å². The van der Waals surface area contributed by atoms with Gasteiger partial charge in [-0.1, -0.05) is 0 Å². The number of hydrogen-bond donors (Lipinski definition) is 2. The third kappa shape index (κ3) is 2.94. The fraction of sp³-hybridized carbons (Fsp3) is 0.889. The van der Waals surface area contributed by atoms with E-state index in [1.807, 2.05) is 11.8 Å². The van der Waals surface area contributed by atoms with E-state index >= 15 is 0 Å². The van der Waals surface area contributed by atoms with Gasteiger partial charge in [-0.15, -0.1) is 0 Å². The number of hydrogen-bond acceptors (Lipinski definition) is 4. The summed E-state index contributed by atoms with van der Waals surface area (Å²) in [6.07, 6.45) is 0.108. The Morgan fingerprint density at radius 2 is 2.43 bits per heavy atom. The Morgan fingerprint density at radius 1 is 1.71 bits per heavy atom. The van der Waals surface area contributed by atoms with Crippen LogP contribution in [-0.2, 0) is 9.53 Å². The van der Waals surface area contributed by atoms with Crippen molar-refractivity contribution >= 4 is 5.97 Å². The Labute approximate surface area is 83.3 Å². The third-order valence-corrected chi connectivity index (χ3v) is 2.52. The molecule has 0 radical (unpaired) electrons. The molecule has 1 aliphatic rings. The van der Waals surface area contributed by atoms with Crippen LogP contribution >= 0.6 is 0 Å². The topological polar surface area (TPSA) is 70.0 Å². The maximum Gasteiger partial charge on any atom is 0.304 e. The van der Waals surface area contributed by atoms with E-state index in [9.17, 15) is 4.79 Å². The second-order valence-corrected chi connectivity index (χ2v) is 3.60. The van der Waals surface area contributed by atoms with Gasteiger partial charge in [0.25, 0.3) is 0 Å². The summed E-state index contributed by atoms with van der Waals surface area (Å²) >= 11 is 0. The molecule has 5 heteroatoms. The molecule has 82 valence electrons. The Balaban J connectivity index is 2.49. The summed E-state index contributed by atoms with van der Waals surface area (Å²) in [5.74, 6) is -0.805. The summed E-state index contributed by atoms with van der Waals surface area (Å²) in [5.41, 5.74) is 0. The standard InChI is InChI=1S/C9H17NO4/c1-7(4-9(12)13)10-2-3-14-6-8(10)5-11/h7-8,11H,2-6H2,1H3,(H,12,13). The van der Waals surface area contributed by atoms with Crippen LogP contribution in [0, 0.1) is 0 Å². The molecule has 1 saturated heterocycles. The van der Waals surface area contributed by atoms with E-state index in [0.29, 0.717) is 19.8 Å². The third-order valence-electron chi connectivity index (χ3n) is 2.52. The zero-order valence-electron chi connectivity index (χ0n) is 8.35. The molecular formula is C9H17NO4. The quantitative estimate of drug-likeness (QED) is 0.647. The Morgan fingerprint density at radius 3 is 3.00 bits per heavy atom. The molecule has 0 aliphatic carbocycles. The van der Waals surface area contributed by atoms with Crippen LogP contribution in [0.4, 0.5) is 0 Å². The van der Waals surface area contributed by atoms with Crippen LogP contribution in [-0.4, -0.2) is 59.5 Å². The first-order valence-electron chi connectivity index (χ1n) is 4.81. The Kier molecular flexibility index (Phi) is 4.31. The number of morpholine rings is 1. The average Bonchev–Trinajstić information content (AvgIpc) is 2.16. The number of carboxylic acid groups (broad SMARTS) is 1. The van der Waals surface area contributed by atoms with Crippen molar-refractivity contribution in [2.45, 2.75) is 25.4 Å². The van der Waals surface area contributed by atoms with Gasteiger partial charge in [-0.3, -0.25) is 9.69 Å². The minimum absolute atomic E-state index is 0.0178. The maximum absolute atomic E-state index is 10.5. The van der Waals surface area contributed by atoms with Crippen LogP contribution in [0.15, 0.2) is 0 Å². The number of nitrogens with zero attached hydrogens (tertiary/aromatic N) is 1. The van der Waals surface area contributed by atoms with Crippen LogP contribution in [0.1, 0.15) is 13.3 Å². The van der Waals surface area contributed by atoms with Crippen LogP contribution in [0.5, 0.6) is 0 Å². The molecule has 0 spiro atoms. The number of aliphatic hydroxyl groups excluding tert-OH is 1. The molecule has 2 atom stereocenters. The fourth-order valence-electron chi connectivity index (χ4n) is 1.78. The largest absolute Gasteiger partial charge is 0.481 e. The van der Waals surface area contributed by atoms with Gasteiger partial charge < -0.3 is 14.9 Å². The minimum Gasteiger partial charge on any atom is -0.481 e. The molecule has 0 aromatic carbocycles. The summed E-state index contributed by atoms with van der Waals surface area (Å²) in [5, 5.41) is 17.7. The fourth-order valence-corrected chi connectivity index (χ4v) is 1.78. The molecule has 1 rings (SSSR count). The number of ether oxygens (including phenoxy) is 1. The predicted molar refractivity (Wildman–Crippen MR) is 50.1 cm³/mol. The van der Waals surface area contributed by atoms with Crippen LogP contribution in [0.25, 0.3) is 0 Å². The van der Waals surface area contributed by atoms with E-state index in [1.165, 1.54) is 0 Å². The molecule has 2 N–H and O–H groups in total. The van der Waals surface area contributed by atoms with Crippen molar-refractivity contribution in [2.75, 3.05) is 26.4 Å². The lowest BCUT2D eigenvalue weighted by atomic mass is 10.1. The van der Waals surface area contributed by atoms with E-state index in [4.69, 9.17) is 14.9 Å². The normalized spacial score (nSPS) is 26.0. The summed E-state index contributed by atoms with van der Waals surface area (Å²) in [4.78, 5) is 12.5. The zero-order chi connectivity index (χ0) is 10.6. The first-order valence-corrected chi connectivity index (χ1v) is 4.81. The SMILES string of the molecule is CC(CC(=O)O)N1CCOCC1CO. The van der Waals surface area contributed by atoms with Gasteiger partial charge >= 0.3 is 5.97 Å². The van der Waals surface area contributed by atoms with Gasteiger partial charge in [-0.05, 0) is 6.92 Å². The van der Waals surface area contributed by atoms with Crippen molar-refractivity contribution in [3.05, 3.63) is 0 Å². The van der Waals surface area contributed by atoms with E-state index in [0.717, 1.165) is 0 Å². The highest BCUT2D eigenvalue weighted by Gasteiger charge is 2.27. The maximum atomic E-state index is 10.5. The Hall–Kier alpha value is -0.650. The number of rotatable bonds is 4. The van der Waals surface area contributed by atoms with Gasteiger partial charge in [0, 0.05) is 12.6 Å². The predicted octanol–water partition coefficient (Wildman–Crippen LogP) is -0.457. The molecule has 5 nitrogen and oxygen atoms in total. The molecule has 0 amide bonds. The van der Waals surface area contributed by atoms with Crippen LogP contribution in [0.3, 0.4) is 0 Å². The van der Waals surface area contributed by atoms with Crippen LogP contribution in [0.2, 0.25) is 0 Å². The van der Waals surface area contributed by atoms with Gasteiger partial charge in [-0.2, -0.15) is 0 Å². The van der Waals surface area contributed by atoms with E-state index in [-0.39, 0.29) is 25.1 Å². The monoisotopic (exact) mass is 203 g/mol. The number of carboxylic acids is 1. The second kappa shape index (κ2) is 5.29. The van der Waals surface area contributed by atoms with Gasteiger partial charge in [-0.25, -0.2) is 0 Å². The molecule has 2 unspecified atom stereocenters. The highest BCUT2D eigenvalue weighted by Crippen LogP contribution is 2.13. The molecule has 0 saturated carbocycles. The van der Waals surface area contributed by atoms with Crippen LogP contribution < -0.4 is 0 Å². The lowest BCUT2D eigenvalue weighted by molar-refractivity contribution is -0.139. The molecule has 14 heavy (non-hydrogen) atoms. The average molecular weight is 203 g/mol. The Bertz CT molecular complexity index is 197. The van der Waals surface area contributed by atoms with Crippen molar-refractivity contribution in [2.24, 2.45) is 0 Å². The molecule has 1 fully saturated rings. The van der Waals surface area contributed by atoms with E-state index in [1.54, 1.807) is 0 Å². The van der Waals surface area contributed by atoms with Crippen molar-refractivity contribution < 1.29 is 19.7 Å². The lowest BCUT2D eigenvalue weighted by Gasteiger charge is -2.38. The number of carbonyl (C=O) groups is 1. The summed E-state index contributed by atoms with van der Waals surface area (Å²) in [6, 6.07) is -0.105. The van der Waals surface area contributed by atoms with Gasteiger partial charge in [0.2, 0.25) is 0 Å². The molecule has 1 aliphatic heterocycles. The summed E-state index contributed by atoms with van der Waals surface area (Å²) in [6.45, 7) is 3.67. The highest BCUT2D eigenvalue weighted by atomic mass is 16.5. The van der Waals surface area contributed by atoms with Crippen molar-refractivity contribution in [1.82, 2.24) is 4.90 Å². The van der Waals surface area contributed by atoms with Crippen molar-refractivity contribution in [3.8, 4) is 0 Å². The molecule has 0 aromatic rings. The van der Waals surface area contributed by atoms with Gasteiger partial charge in [0.05, 0.1) is 32.3 Å². The number of aliphatic carboxylic acids is 1. The molecule has 1 heterocycles. The first kappa shape index (κ1) is 11.4. The zero-order valence-corrected chi connectivity index (χ0v) is 8.35. The van der Waals surface area contributed by atoms with Gasteiger partial charge in [0.1, 0.15) is 0 Å². The second-order valence-electron chi connectivity index (χ2n) is 3.60. The minimum atomic E-state index is -0.805. The van der Waals surface area contributed by atoms with Crippen molar-refractivity contribution in [1.29, 1.82) is 0 Å². The number of aliphatic hydroxyl groups is 1. The molecular weight excluding hydrogens is 186 g/mol. The smallest absolute Gasteiger partial charge is 0.304 e. The van der Waals surface area contributed by atoms with Crippen molar-refractivity contribution in [3.63, 3.8) is 0 Å². The molecule has 0 aromatic heterocycles. The highest BCUT2D eigenvalue weighted by molar-refractivity contribution is 5.67. The molecule has 0 bridgehead atoms. The first-order chi connectivity index (χ1) is 6.65. The van der Waals surface area contributed by atoms with Gasteiger partial charge in [0.15, 0.2) is 0 Å². The lowest BCUT2D eigenvalue weighted by Crippen LogP contribution is -2.51.